The minimum Gasteiger partial charge on any atom is -0.327 e. The highest BCUT2D eigenvalue weighted by atomic mass is 15.4. The maximum absolute atomic E-state index is 6.04. The van der Waals surface area contributed by atoms with Crippen LogP contribution >= 0.6 is 0 Å². The Hall–Kier alpha value is -1.68. The largest absolute Gasteiger partial charge is 0.327 e. The Labute approximate surface area is 100 Å². The van der Waals surface area contributed by atoms with E-state index >= 15 is 0 Å². The maximum Gasteiger partial charge on any atom is 0.0908 e. The molecule has 1 atom stereocenters. The highest BCUT2D eigenvalue weighted by molar-refractivity contribution is 5.32. The summed E-state index contributed by atoms with van der Waals surface area (Å²) in [6, 6.07) is 10.2. The van der Waals surface area contributed by atoms with Crippen molar-refractivity contribution in [2.75, 3.05) is 0 Å². The minimum atomic E-state index is 0.0764. The first-order chi connectivity index (χ1) is 8.22. The molecule has 17 heavy (non-hydrogen) atoms. The van der Waals surface area contributed by atoms with Gasteiger partial charge in [-0.25, -0.2) is 4.68 Å². The van der Waals surface area contributed by atoms with Gasteiger partial charge in [-0.1, -0.05) is 23.4 Å². The van der Waals surface area contributed by atoms with Crippen LogP contribution in [-0.4, -0.2) is 21.0 Å². The second-order valence-corrected chi connectivity index (χ2v) is 4.83. The number of benzene rings is 1. The van der Waals surface area contributed by atoms with Gasteiger partial charge in [0.15, 0.2) is 0 Å². The summed E-state index contributed by atoms with van der Waals surface area (Å²) >= 11 is 0. The standard InChI is InChI=1S/C13H16N4/c1-10(14)13(7-8-13)12-9-17(16-15-12)11-5-3-2-4-6-11/h2-6,9-10H,7-8,14H2,1H3. The monoisotopic (exact) mass is 228 g/mol. The summed E-state index contributed by atoms with van der Waals surface area (Å²) in [5, 5.41) is 8.47. The molecule has 1 saturated carbocycles. The van der Waals surface area contributed by atoms with Crippen molar-refractivity contribution in [3.63, 3.8) is 0 Å². The Morgan fingerprint density at radius 3 is 2.59 bits per heavy atom. The van der Waals surface area contributed by atoms with Crippen LogP contribution in [0.25, 0.3) is 5.69 Å². The number of para-hydroxylation sites is 1. The summed E-state index contributed by atoms with van der Waals surface area (Å²) in [6.45, 7) is 2.05. The van der Waals surface area contributed by atoms with E-state index in [1.165, 1.54) is 0 Å². The number of nitrogens with two attached hydrogens (primary N) is 1. The molecule has 4 heteroatoms. The quantitative estimate of drug-likeness (QED) is 0.869. The first-order valence-corrected chi connectivity index (χ1v) is 5.96. The third-order valence-electron chi connectivity index (χ3n) is 3.68. The zero-order valence-electron chi connectivity index (χ0n) is 9.87. The average Bonchev–Trinajstić information content (AvgIpc) is 3.02. The second-order valence-electron chi connectivity index (χ2n) is 4.83. The molecule has 4 nitrogen and oxygen atoms in total. The van der Waals surface area contributed by atoms with Gasteiger partial charge in [0, 0.05) is 11.5 Å². The molecule has 1 aliphatic carbocycles. The van der Waals surface area contributed by atoms with Gasteiger partial charge < -0.3 is 5.73 Å². The number of aromatic nitrogens is 3. The van der Waals surface area contributed by atoms with E-state index in [2.05, 4.69) is 17.2 Å². The molecular formula is C13H16N4. The van der Waals surface area contributed by atoms with E-state index in [1.54, 1.807) is 0 Å². The summed E-state index contributed by atoms with van der Waals surface area (Å²) in [7, 11) is 0. The number of nitrogens with zero attached hydrogens (tertiary/aromatic N) is 3. The third-order valence-corrected chi connectivity index (χ3v) is 3.68. The highest BCUT2D eigenvalue weighted by Gasteiger charge is 2.49. The summed E-state index contributed by atoms with van der Waals surface area (Å²) in [5.74, 6) is 0. The molecule has 88 valence electrons. The highest BCUT2D eigenvalue weighted by Crippen LogP contribution is 2.49. The molecule has 2 aromatic rings. The third kappa shape index (κ3) is 1.65. The lowest BCUT2D eigenvalue weighted by atomic mass is 9.95. The van der Waals surface area contributed by atoms with Gasteiger partial charge >= 0.3 is 0 Å². The molecule has 1 aliphatic rings. The van der Waals surface area contributed by atoms with Gasteiger partial charge in [0.05, 0.1) is 17.6 Å². The van der Waals surface area contributed by atoms with Crippen molar-refractivity contribution >= 4 is 0 Å². The molecule has 0 radical (unpaired) electrons. The molecule has 1 unspecified atom stereocenters. The van der Waals surface area contributed by atoms with Crippen LogP contribution in [0, 0.1) is 0 Å². The van der Waals surface area contributed by atoms with Crippen LogP contribution < -0.4 is 5.73 Å². The molecular weight excluding hydrogens is 212 g/mol. The van der Waals surface area contributed by atoms with Gasteiger partial charge in [0.25, 0.3) is 0 Å². The fourth-order valence-electron chi connectivity index (χ4n) is 2.28. The number of hydrogen-bond donors (Lipinski definition) is 1. The molecule has 0 bridgehead atoms. The molecule has 1 aromatic heterocycles. The van der Waals surface area contributed by atoms with Crippen molar-refractivity contribution in [2.45, 2.75) is 31.2 Å². The van der Waals surface area contributed by atoms with Gasteiger partial charge in [-0.3, -0.25) is 0 Å². The lowest BCUT2D eigenvalue weighted by Crippen LogP contribution is -2.31. The normalized spacial score (nSPS) is 18.9. The van der Waals surface area contributed by atoms with Gasteiger partial charge in [-0.15, -0.1) is 5.10 Å². The predicted octanol–water partition coefficient (Wildman–Crippen LogP) is 1.65. The van der Waals surface area contributed by atoms with Gasteiger partial charge in [-0.2, -0.15) is 0 Å². The lowest BCUT2D eigenvalue weighted by molar-refractivity contribution is 0.541. The van der Waals surface area contributed by atoms with Crippen molar-refractivity contribution in [3.05, 3.63) is 42.2 Å². The summed E-state index contributed by atoms with van der Waals surface area (Å²) < 4.78 is 1.82. The van der Waals surface area contributed by atoms with Crippen LogP contribution in [0.2, 0.25) is 0 Å². The Kier molecular flexibility index (Phi) is 2.26. The average molecular weight is 228 g/mol. The van der Waals surface area contributed by atoms with E-state index in [-0.39, 0.29) is 11.5 Å². The van der Waals surface area contributed by atoms with Crippen LogP contribution in [-0.2, 0) is 5.41 Å². The smallest absolute Gasteiger partial charge is 0.0908 e. The van der Waals surface area contributed by atoms with E-state index in [0.29, 0.717) is 0 Å². The molecule has 0 spiro atoms. The second kappa shape index (κ2) is 3.67. The van der Waals surface area contributed by atoms with E-state index in [0.717, 1.165) is 24.2 Å². The molecule has 1 heterocycles. The topological polar surface area (TPSA) is 56.7 Å². The summed E-state index contributed by atoms with van der Waals surface area (Å²) in [5.41, 5.74) is 8.17. The molecule has 0 aliphatic heterocycles. The van der Waals surface area contributed by atoms with Crippen LogP contribution in [0.1, 0.15) is 25.5 Å². The van der Waals surface area contributed by atoms with E-state index < -0.39 is 0 Å². The molecule has 1 aromatic carbocycles. The van der Waals surface area contributed by atoms with Crippen LogP contribution in [0.4, 0.5) is 0 Å². The van der Waals surface area contributed by atoms with Crippen LogP contribution in [0.5, 0.6) is 0 Å². The maximum atomic E-state index is 6.04. The Morgan fingerprint density at radius 1 is 1.29 bits per heavy atom. The number of rotatable bonds is 3. The fourth-order valence-corrected chi connectivity index (χ4v) is 2.28. The molecule has 3 rings (SSSR count). The number of hydrogen-bond acceptors (Lipinski definition) is 3. The zero-order valence-corrected chi connectivity index (χ0v) is 9.87. The molecule has 1 fully saturated rings. The van der Waals surface area contributed by atoms with Gasteiger partial charge in [0.2, 0.25) is 0 Å². The molecule has 0 saturated heterocycles. The SMILES string of the molecule is CC(N)C1(c2cn(-c3ccccc3)nn2)CC1. The van der Waals surface area contributed by atoms with Crippen molar-refractivity contribution in [1.29, 1.82) is 0 Å². The van der Waals surface area contributed by atoms with Crippen molar-refractivity contribution < 1.29 is 0 Å². The Bertz CT molecular complexity index is 511. The predicted molar refractivity (Wildman–Crippen MR) is 65.9 cm³/mol. The van der Waals surface area contributed by atoms with Crippen LogP contribution in [0.3, 0.4) is 0 Å². The molecule has 0 amide bonds. The van der Waals surface area contributed by atoms with E-state index in [1.807, 2.05) is 41.2 Å². The fraction of sp³-hybridized carbons (Fsp3) is 0.385. The van der Waals surface area contributed by atoms with Crippen LogP contribution in [0.15, 0.2) is 36.5 Å². The zero-order chi connectivity index (χ0) is 11.9. The van der Waals surface area contributed by atoms with Crippen molar-refractivity contribution in [1.82, 2.24) is 15.0 Å². The van der Waals surface area contributed by atoms with Crippen molar-refractivity contribution in [2.24, 2.45) is 5.73 Å². The van der Waals surface area contributed by atoms with Gasteiger partial charge in [0.1, 0.15) is 0 Å². The van der Waals surface area contributed by atoms with Crippen molar-refractivity contribution in [3.8, 4) is 5.69 Å². The van der Waals surface area contributed by atoms with E-state index in [4.69, 9.17) is 5.73 Å². The summed E-state index contributed by atoms with van der Waals surface area (Å²) in [4.78, 5) is 0. The summed E-state index contributed by atoms with van der Waals surface area (Å²) in [6.07, 6.45) is 4.25. The van der Waals surface area contributed by atoms with E-state index in [9.17, 15) is 0 Å². The Balaban J connectivity index is 1.94. The lowest BCUT2D eigenvalue weighted by Gasteiger charge is -2.15. The van der Waals surface area contributed by atoms with Gasteiger partial charge in [-0.05, 0) is 31.9 Å². The first kappa shape index (κ1) is 10.5. The molecule has 2 N–H and O–H groups in total. The first-order valence-electron chi connectivity index (χ1n) is 5.96. The minimum absolute atomic E-state index is 0.0764. The Morgan fingerprint density at radius 2 is 2.00 bits per heavy atom.